The molecule has 6 nitrogen and oxygen atoms in total. The minimum atomic E-state index is -3.70. The number of carbonyl (C=O) groups excluding carboxylic acids is 1. The lowest BCUT2D eigenvalue weighted by atomic mass is 10.1. The van der Waals surface area contributed by atoms with Crippen molar-refractivity contribution in [3.8, 4) is 0 Å². The summed E-state index contributed by atoms with van der Waals surface area (Å²) in [6.45, 7) is 5.59. The number of primary sulfonamides is 1. The minimum Gasteiger partial charge on any atom is -0.355 e. The lowest BCUT2D eigenvalue weighted by Crippen LogP contribution is -2.39. The second-order valence-electron chi connectivity index (χ2n) is 7.11. The summed E-state index contributed by atoms with van der Waals surface area (Å²) in [5.74, 6) is -0.0727. The first-order valence-electron chi connectivity index (χ1n) is 9.69. The Labute approximate surface area is 188 Å². The monoisotopic (exact) mass is 471 g/mol. The van der Waals surface area contributed by atoms with E-state index in [4.69, 9.17) is 28.3 Å². The number of sulfonamides is 1. The van der Waals surface area contributed by atoms with Crippen LogP contribution in [0.5, 0.6) is 0 Å². The van der Waals surface area contributed by atoms with E-state index >= 15 is 0 Å². The molecule has 164 valence electrons. The van der Waals surface area contributed by atoms with Crippen LogP contribution in [0.15, 0.2) is 47.4 Å². The van der Waals surface area contributed by atoms with Crippen LogP contribution in [0.4, 0.5) is 0 Å². The van der Waals surface area contributed by atoms with Crippen molar-refractivity contribution in [2.24, 2.45) is 5.14 Å². The molecule has 2 rings (SSSR count). The molecule has 30 heavy (non-hydrogen) atoms. The Kier molecular flexibility index (Phi) is 9.12. The Morgan fingerprint density at radius 1 is 1.13 bits per heavy atom. The van der Waals surface area contributed by atoms with E-state index in [9.17, 15) is 13.2 Å². The van der Waals surface area contributed by atoms with Crippen molar-refractivity contribution >= 4 is 39.1 Å². The number of hydrogen-bond donors (Lipinski definition) is 2. The third-order valence-electron chi connectivity index (χ3n) is 4.82. The number of halogens is 2. The van der Waals surface area contributed by atoms with Gasteiger partial charge in [0, 0.05) is 12.6 Å². The van der Waals surface area contributed by atoms with Crippen LogP contribution >= 0.6 is 23.2 Å². The predicted molar refractivity (Wildman–Crippen MR) is 121 cm³/mol. The van der Waals surface area contributed by atoms with Crippen LogP contribution in [0.25, 0.3) is 0 Å². The van der Waals surface area contributed by atoms with Gasteiger partial charge in [-0.15, -0.1) is 0 Å². The number of rotatable bonds is 10. The van der Waals surface area contributed by atoms with Crippen molar-refractivity contribution in [2.75, 3.05) is 19.6 Å². The molecule has 2 aromatic rings. The Morgan fingerprint density at radius 2 is 1.80 bits per heavy atom. The zero-order valence-corrected chi connectivity index (χ0v) is 19.4. The molecule has 0 saturated carbocycles. The van der Waals surface area contributed by atoms with Crippen LogP contribution in [0.2, 0.25) is 10.0 Å². The topological polar surface area (TPSA) is 92.5 Å². The summed E-state index contributed by atoms with van der Waals surface area (Å²) in [7, 11) is -3.70. The second kappa shape index (κ2) is 11.1. The first kappa shape index (κ1) is 24.6. The van der Waals surface area contributed by atoms with Gasteiger partial charge in [-0.25, -0.2) is 13.6 Å². The highest BCUT2D eigenvalue weighted by Gasteiger charge is 2.19. The Morgan fingerprint density at radius 3 is 2.37 bits per heavy atom. The molecule has 0 heterocycles. The van der Waals surface area contributed by atoms with Crippen molar-refractivity contribution in [3.63, 3.8) is 0 Å². The summed E-state index contributed by atoms with van der Waals surface area (Å²) in [6.07, 6.45) is 1.50. The fourth-order valence-electron chi connectivity index (χ4n) is 3.11. The van der Waals surface area contributed by atoms with Crippen LogP contribution in [0, 0.1) is 0 Å². The zero-order valence-electron chi connectivity index (χ0n) is 17.1. The molecule has 0 radical (unpaired) electrons. The van der Waals surface area contributed by atoms with E-state index in [1.807, 2.05) is 19.1 Å². The van der Waals surface area contributed by atoms with Crippen LogP contribution < -0.4 is 10.5 Å². The van der Waals surface area contributed by atoms with E-state index in [0.717, 1.165) is 24.1 Å². The van der Waals surface area contributed by atoms with Gasteiger partial charge < -0.3 is 5.32 Å². The van der Waals surface area contributed by atoms with Crippen molar-refractivity contribution in [1.29, 1.82) is 0 Å². The van der Waals surface area contributed by atoms with Gasteiger partial charge in [-0.2, -0.15) is 0 Å². The molecule has 0 fully saturated rings. The zero-order chi connectivity index (χ0) is 22.3. The van der Waals surface area contributed by atoms with Gasteiger partial charge >= 0.3 is 0 Å². The highest BCUT2D eigenvalue weighted by Crippen LogP contribution is 2.28. The van der Waals surface area contributed by atoms with Crippen molar-refractivity contribution in [2.45, 2.75) is 37.6 Å². The SMILES string of the molecule is CCCN(CC(=O)NCCc1ccc(S(N)(=O)=O)cc1)[C@@H](C)c1ccc(Cl)c(Cl)c1. The van der Waals surface area contributed by atoms with Gasteiger partial charge in [-0.05, 0) is 61.7 Å². The van der Waals surface area contributed by atoms with Crippen LogP contribution in [0.1, 0.15) is 37.4 Å². The molecule has 0 aliphatic carbocycles. The van der Waals surface area contributed by atoms with Crippen LogP contribution in [-0.2, 0) is 21.2 Å². The Bertz CT molecular complexity index is 966. The van der Waals surface area contributed by atoms with E-state index < -0.39 is 10.0 Å². The molecule has 0 saturated heterocycles. The molecule has 2 aromatic carbocycles. The normalized spacial score (nSPS) is 12.7. The van der Waals surface area contributed by atoms with Gasteiger partial charge in [0.25, 0.3) is 0 Å². The molecule has 0 aliphatic rings. The summed E-state index contributed by atoms with van der Waals surface area (Å²) in [4.78, 5) is 14.6. The first-order chi connectivity index (χ1) is 14.1. The third kappa shape index (κ3) is 7.25. The average molecular weight is 472 g/mol. The summed E-state index contributed by atoms with van der Waals surface area (Å²) < 4.78 is 22.6. The maximum Gasteiger partial charge on any atom is 0.238 e. The third-order valence-corrected chi connectivity index (χ3v) is 6.49. The van der Waals surface area contributed by atoms with Crippen LogP contribution in [0.3, 0.4) is 0 Å². The molecule has 1 atom stereocenters. The van der Waals surface area contributed by atoms with Crippen LogP contribution in [-0.4, -0.2) is 38.9 Å². The quantitative estimate of drug-likeness (QED) is 0.551. The summed E-state index contributed by atoms with van der Waals surface area (Å²) in [5, 5.41) is 9.02. The highest BCUT2D eigenvalue weighted by molar-refractivity contribution is 7.89. The number of hydrogen-bond acceptors (Lipinski definition) is 4. The van der Waals surface area contributed by atoms with Gasteiger partial charge in [-0.3, -0.25) is 9.69 Å². The number of nitrogens with zero attached hydrogens (tertiary/aromatic N) is 1. The van der Waals surface area contributed by atoms with E-state index in [2.05, 4.69) is 17.1 Å². The van der Waals surface area contributed by atoms with Crippen molar-refractivity contribution in [3.05, 3.63) is 63.6 Å². The standard InChI is InChI=1S/C21H27Cl2N3O3S/c1-3-12-26(15(2)17-6-9-19(22)20(23)13-17)14-21(27)25-11-10-16-4-7-18(8-5-16)30(24,28)29/h4-9,13,15H,3,10-12,14H2,1-2H3,(H,25,27)(H2,24,28,29)/t15-/m0/s1. The highest BCUT2D eigenvalue weighted by atomic mass is 35.5. The number of benzene rings is 2. The summed E-state index contributed by atoms with van der Waals surface area (Å²) >= 11 is 12.1. The molecular formula is C21H27Cl2N3O3S. The first-order valence-corrected chi connectivity index (χ1v) is 12.0. The lowest BCUT2D eigenvalue weighted by molar-refractivity contribution is -0.122. The van der Waals surface area contributed by atoms with E-state index in [1.54, 1.807) is 18.2 Å². The molecule has 9 heteroatoms. The average Bonchev–Trinajstić information content (AvgIpc) is 2.69. The Balaban J connectivity index is 1.91. The van der Waals surface area contributed by atoms with Gasteiger partial charge in [-0.1, -0.05) is 48.3 Å². The molecule has 1 amide bonds. The number of nitrogens with two attached hydrogens (primary N) is 1. The molecular weight excluding hydrogens is 445 g/mol. The van der Waals surface area contributed by atoms with E-state index in [0.29, 0.717) is 23.0 Å². The lowest BCUT2D eigenvalue weighted by Gasteiger charge is -2.28. The Hall–Kier alpha value is -1.64. The number of carbonyl (C=O) groups is 1. The molecule has 0 spiro atoms. The van der Waals surface area contributed by atoms with Crippen molar-refractivity contribution < 1.29 is 13.2 Å². The fraction of sp³-hybridized carbons (Fsp3) is 0.381. The predicted octanol–water partition coefficient (Wildman–Crippen LogP) is 3.77. The van der Waals surface area contributed by atoms with Gasteiger partial charge in [0.15, 0.2) is 0 Å². The van der Waals surface area contributed by atoms with Gasteiger partial charge in [0.05, 0.1) is 21.5 Å². The van der Waals surface area contributed by atoms with Gasteiger partial charge in [0.2, 0.25) is 15.9 Å². The summed E-state index contributed by atoms with van der Waals surface area (Å²) in [5.41, 5.74) is 1.91. The van der Waals surface area contributed by atoms with Crippen molar-refractivity contribution in [1.82, 2.24) is 10.2 Å². The molecule has 0 aromatic heterocycles. The number of nitrogens with one attached hydrogen (secondary N) is 1. The molecule has 3 N–H and O–H groups in total. The maximum absolute atomic E-state index is 12.5. The number of amides is 1. The second-order valence-corrected chi connectivity index (χ2v) is 9.48. The van der Waals surface area contributed by atoms with E-state index in [1.165, 1.54) is 12.1 Å². The maximum atomic E-state index is 12.5. The van der Waals surface area contributed by atoms with E-state index in [-0.39, 0.29) is 23.4 Å². The summed E-state index contributed by atoms with van der Waals surface area (Å²) in [6, 6.07) is 11.9. The largest absolute Gasteiger partial charge is 0.355 e. The fourth-order valence-corrected chi connectivity index (χ4v) is 3.93. The minimum absolute atomic E-state index is 0.0104. The molecule has 0 bridgehead atoms. The van der Waals surface area contributed by atoms with Gasteiger partial charge in [0.1, 0.15) is 0 Å². The molecule has 0 aliphatic heterocycles. The smallest absolute Gasteiger partial charge is 0.238 e. The molecule has 0 unspecified atom stereocenters.